The van der Waals surface area contributed by atoms with Crippen LogP contribution in [0.4, 0.5) is 4.39 Å². The fourth-order valence-corrected chi connectivity index (χ4v) is 8.61. The summed E-state index contributed by atoms with van der Waals surface area (Å²) in [5.41, 5.74) is -0.0785. The smallest absolute Gasteiger partial charge is 0.377 e. The van der Waals surface area contributed by atoms with E-state index in [2.05, 4.69) is 0 Å². The van der Waals surface area contributed by atoms with E-state index in [1.54, 1.807) is 27.7 Å². The van der Waals surface area contributed by atoms with Gasteiger partial charge in [-0.05, 0) is 45.9 Å². The van der Waals surface area contributed by atoms with Crippen LogP contribution in [0.15, 0.2) is 24.4 Å². The van der Waals surface area contributed by atoms with Crippen molar-refractivity contribution in [3.05, 3.63) is 35.8 Å². The van der Waals surface area contributed by atoms with Crippen LogP contribution in [0.1, 0.15) is 38.1 Å². The number of ketones is 1. The minimum Gasteiger partial charge on any atom is -0.475 e. The van der Waals surface area contributed by atoms with Crippen LogP contribution >= 0.6 is 15.2 Å². The van der Waals surface area contributed by atoms with Gasteiger partial charge in [0.2, 0.25) is 0 Å². The van der Waals surface area contributed by atoms with Crippen molar-refractivity contribution < 1.29 is 46.3 Å². The summed E-state index contributed by atoms with van der Waals surface area (Å²) < 4.78 is 64.5. The van der Waals surface area contributed by atoms with E-state index in [-0.39, 0.29) is 49.4 Å². The lowest BCUT2D eigenvalue weighted by atomic mass is 10.1. The minimum atomic E-state index is -4.13. The van der Waals surface area contributed by atoms with Crippen molar-refractivity contribution in [2.75, 3.05) is 26.4 Å². The SMILES string of the molecule is CCOP(=O)(OCC)C(Cn1cc(C(=O)C(=O)O)c2ccc(F)cc21)P(=O)(OCC)OCC. The van der Waals surface area contributed by atoms with Crippen LogP contribution in [0.2, 0.25) is 0 Å². The fourth-order valence-electron chi connectivity index (χ4n) is 3.40. The Morgan fingerprint density at radius 3 is 1.88 bits per heavy atom. The van der Waals surface area contributed by atoms with Crippen molar-refractivity contribution in [3.8, 4) is 0 Å². The molecule has 0 saturated carbocycles. The second-order valence-corrected chi connectivity index (χ2v) is 11.6. The van der Waals surface area contributed by atoms with Crippen molar-refractivity contribution in [2.24, 2.45) is 0 Å². The monoisotopic (exact) mass is 507 g/mol. The summed E-state index contributed by atoms with van der Waals surface area (Å²) >= 11 is 0. The number of Topliss-reactive ketones (excluding diaryl/α,β-unsaturated/α-hetero) is 1. The quantitative estimate of drug-likeness (QED) is 0.215. The van der Waals surface area contributed by atoms with Crippen LogP contribution in [0, 0.1) is 5.82 Å². The second-order valence-electron chi connectivity index (χ2n) is 6.72. The molecule has 33 heavy (non-hydrogen) atoms. The number of carbonyl (C=O) groups is 2. The highest BCUT2D eigenvalue weighted by atomic mass is 31.2. The van der Waals surface area contributed by atoms with E-state index in [0.717, 1.165) is 12.1 Å². The molecule has 0 aliphatic carbocycles. The molecule has 10 nitrogen and oxygen atoms in total. The maximum atomic E-state index is 14.1. The van der Waals surface area contributed by atoms with Gasteiger partial charge < -0.3 is 27.8 Å². The number of aromatic nitrogens is 1. The van der Waals surface area contributed by atoms with E-state index < -0.39 is 38.2 Å². The molecular formula is C20H28FNO9P2. The summed E-state index contributed by atoms with van der Waals surface area (Å²) in [6, 6.07) is 3.44. The Morgan fingerprint density at radius 2 is 1.45 bits per heavy atom. The van der Waals surface area contributed by atoms with Gasteiger partial charge in [-0.3, -0.25) is 13.9 Å². The zero-order chi connectivity index (χ0) is 24.8. The van der Waals surface area contributed by atoms with Crippen LogP contribution in [-0.4, -0.2) is 53.3 Å². The number of aliphatic carboxylic acids is 1. The maximum absolute atomic E-state index is 14.1. The molecule has 0 saturated heterocycles. The minimum absolute atomic E-state index is 0.0319. The molecule has 0 bridgehead atoms. The van der Waals surface area contributed by atoms with Gasteiger partial charge >= 0.3 is 21.2 Å². The van der Waals surface area contributed by atoms with Gasteiger partial charge in [-0.25, -0.2) is 9.18 Å². The van der Waals surface area contributed by atoms with Crippen molar-refractivity contribution in [2.45, 2.75) is 39.6 Å². The molecule has 0 fully saturated rings. The summed E-state index contributed by atoms with van der Waals surface area (Å²) in [4.78, 5) is 23.5. The summed E-state index contributed by atoms with van der Waals surface area (Å²) in [6.07, 6.45) is 1.18. The van der Waals surface area contributed by atoms with Crippen LogP contribution in [0.5, 0.6) is 0 Å². The highest BCUT2D eigenvalue weighted by molar-refractivity contribution is 7.72. The molecule has 1 heterocycles. The first-order valence-electron chi connectivity index (χ1n) is 10.4. The molecule has 13 heteroatoms. The molecule has 0 atom stereocenters. The van der Waals surface area contributed by atoms with Gasteiger partial charge in [-0.15, -0.1) is 0 Å². The molecule has 1 N–H and O–H groups in total. The third kappa shape index (κ3) is 5.98. The normalized spacial score (nSPS) is 12.5. The molecule has 1 aromatic carbocycles. The van der Waals surface area contributed by atoms with E-state index >= 15 is 0 Å². The highest BCUT2D eigenvalue weighted by Gasteiger charge is 2.51. The van der Waals surface area contributed by atoms with Crippen molar-refractivity contribution in [1.82, 2.24) is 4.57 Å². The number of carbonyl (C=O) groups excluding carboxylic acids is 1. The second kappa shape index (κ2) is 11.5. The first kappa shape index (κ1) is 27.4. The summed E-state index contributed by atoms with van der Waals surface area (Å²) in [6.45, 7) is 5.81. The van der Waals surface area contributed by atoms with Crippen LogP contribution < -0.4 is 0 Å². The van der Waals surface area contributed by atoms with Crippen LogP contribution in [-0.2, 0) is 38.6 Å². The zero-order valence-electron chi connectivity index (χ0n) is 18.9. The van der Waals surface area contributed by atoms with E-state index in [1.807, 2.05) is 0 Å². The Morgan fingerprint density at radius 1 is 0.970 bits per heavy atom. The lowest BCUT2D eigenvalue weighted by Gasteiger charge is -2.31. The Kier molecular flexibility index (Phi) is 9.55. The molecule has 0 spiro atoms. The molecule has 1 aromatic heterocycles. The van der Waals surface area contributed by atoms with Crippen LogP contribution in [0.3, 0.4) is 0 Å². The van der Waals surface area contributed by atoms with E-state index in [0.29, 0.717) is 0 Å². The number of rotatable bonds is 14. The number of benzene rings is 1. The summed E-state index contributed by atoms with van der Waals surface area (Å²) in [5.74, 6) is -3.56. The van der Waals surface area contributed by atoms with Crippen molar-refractivity contribution >= 4 is 37.8 Å². The van der Waals surface area contributed by atoms with E-state index in [4.69, 9.17) is 18.1 Å². The fraction of sp³-hybridized carbons (Fsp3) is 0.500. The molecule has 2 aromatic rings. The third-order valence-electron chi connectivity index (χ3n) is 4.61. The van der Waals surface area contributed by atoms with E-state index in [1.165, 1.54) is 16.8 Å². The highest BCUT2D eigenvalue weighted by Crippen LogP contribution is 2.70. The standard InChI is InChI=1S/C20H28FNO9P2/c1-5-28-32(26,29-6-2)18(33(27,30-7-3)31-8-4)13-22-12-16(19(23)20(24)25)15-10-9-14(21)11-17(15)22/h9-12,18H,5-8,13H2,1-4H3,(H,24,25). The molecule has 0 amide bonds. The van der Waals surface area contributed by atoms with Crippen LogP contribution in [0.25, 0.3) is 10.9 Å². The first-order chi connectivity index (χ1) is 15.6. The number of carboxylic acids is 1. The number of nitrogens with zero attached hydrogens (tertiary/aromatic N) is 1. The Labute approximate surface area is 191 Å². The lowest BCUT2D eigenvalue weighted by Crippen LogP contribution is -2.23. The van der Waals surface area contributed by atoms with Gasteiger partial charge in [0.1, 0.15) is 5.82 Å². The van der Waals surface area contributed by atoms with E-state index in [9.17, 15) is 28.2 Å². The number of fused-ring (bicyclic) bond motifs is 1. The summed E-state index contributed by atoms with van der Waals surface area (Å²) in [7, 11) is -8.26. The number of hydrogen-bond acceptors (Lipinski definition) is 8. The van der Waals surface area contributed by atoms with Crippen molar-refractivity contribution in [3.63, 3.8) is 0 Å². The van der Waals surface area contributed by atoms with Gasteiger partial charge in [0, 0.05) is 18.1 Å². The third-order valence-corrected chi connectivity index (χ3v) is 10.6. The average molecular weight is 507 g/mol. The zero-order valence-corrected chi connectivity index (χ0v) is 20.6. The molecular weight excluding hydrogens is 479 g/mol. The largest absolute Gasteiger partial charge is 0.475 e. The predicted molar refractivity (Wildman–Crippen MR) is 119 cm³/mol. The number of hydrogen-bond donors (Lipinski definition) is 1. The molecule has 0 aliphatic rings. The lowest BCUT2D eigenvalue weighted by molar-refractivity contribution is -0.131. The van der Waals surface area contributed by atoms with Gasteiger partial charge in [-0.1, -0.05) is 0 Å². The van der Waals surface area contributed by atoms with Gasteiger partial charge in [-0.2, -0.15) is 0 Å². The molecule has 184 valence electrons. The maximum Gasteiger partial charge on any atom is 0.377 e. The van der Waals surface area contributed by atoms with Gasteiger partial charge in [0.25, 0.3) is 5.78 Å². The molecule has 2 rings (SSSR count). The number of halogens is 1. The Bertz CT molecular complexity index is 1050. The summed E-state index contributed by atoms with van der Waals surface area (Å²) in [5, 5.41) is 7.86. The average Bonchev–Trinajstić information content (AvgIpc) is 3.09. The predicted octanol–water partition coefficient (Wildman–Crippen LogP) is 4.91. The van der Waals surface area contributed by atoms with Gasteiger partial charge in [0.05, 0.1) is 37.5 Å². The van der Waals surface area contributed by atoms with Crippen molar-refractivity contribution in [1.29, 1.82) is 0 Å². The first-order valence-corrected chi connectivity index (χ1v) is 13.6. The Hall–Kier alpha value is -1.87. The molecule has 0 aliphatic heterocycles. The topological polar surface area (TPSA) is 130 Å². The Balaban J connectivity index is 2.75. The molecule has 0 radical (unpaired) electrons. The van der Waals surface area contributed by atoms with Gasteiger partial charge in [0.15, 0.2) is 5.40 Å². The number of carboxylic acid groups (broad SMARTS) is 1. The molecule has 0 unspecified atom stereocenters.